The average molecular weight is 452 g/mol. The highest BCUT2D eigenvalue weighted by atomic mass is 19.4. The summed E-state index contributed by atoms with van der Waals surface area (Å²) in [5.41, 5.74) is 2.53. The predicted molar refractivity (Wildman–Crippen MR) is 122 cm³/mol. The van der Waals surface area contributed by atoms with Crippen molar-refractivity contribution in [2.24, 2.45) is 0 Å². The zero-order valence-corrected chi connectivity index (χ0v) is 18.0. The minimum absolute atomic E-state index is 0.0899. The molecule has 1 fully saturated rings. The molecular formula is C26H23F3N2O2. The Balaban J connectivity index is 1.63. The van der Waals surface area contributed by atoms with Gasteiger partial charge < -0.3 is 15.0 Å². The number of nitrogens with one attached hydrogen (secondary N) is 1. The smallest absolute Gasteiger partial charge is 0.394 e. The van der Waals surface area contributed by atoms with Crippen molar-refractivity contribution in [1.82, 2.24) is 9.88 Å². The molecule has 4 aromatic rings. The number of halogens is 3. The monoisotopic (exact) mass is 452 g/mol. The molecule has 7 heteroatoms. The van der Waals surface area contributed by atoms with E-state index in [2.05, 4.69) is 5.32 Å². The summed E-state index contributed by atoms with van der Waals surface area (Å²) in [7, 11) is 0. The molecule has 1 heterocycles. The Hall–Kier alpha value is -3.32. The third kappa shape index (κ3) is 3.66. The van der Waals surface area contributed by atoms with Gasteiger partial charge in [0.1, 0.15) is 0 Å². The largest absolute Gasteiger partial charge is 0.416 e. The summed E-state index contributed by atoms with van der Waals surface area (Å²) in [4.78, 5) is 12.9. The highest BCUT2D eigenvalue weighted by Gasteiger charge is 2.38. The summed E-state index contributed by atoms with van der Waals surface area (Å²) in [6.45, 7) is 1.88. The van der Waals surface area contributed by atoms with Gasteiger partial charge in [-0.15, -0.1) is 0 Å². The summed E-state index contributed by atoms with van der Waals surface area (Å²) in [6.07, 6.45) is -1.92. The van der Waals surface area contributed by atoms with Gasteiger partial charge in [-0.25, -0.2) is 0 Å². The minimum atomic E-state index is -4.40. The lowest BCUT2D eigenvalue weighted by atomic mass is 9.77. The van der Waals surface area contributed by atoms with Gasteiger partial charge in [-0.3, -0.25) is 4.79 Å². The third-order valence-electron chi connectivity index (χ3n) is 6.63. The van der Waals surface area contributed by atoms with Crippen LogP contribution in [0.15, 0.2) is 60.7 Å². The number of hydrogen-bond donors (Lipinski definition) is 2. The van der Waals surface area contributed by atoms with Crippen molar-refractivity contribution in [3.05, 3.63) is 77.4 Å². The molecule has 1 aliphatic carbocycles. The van der Waals surface area contributed by atoms with Crippen molar-refractivity contribution < 1.29 is 23.1 Å². The lowest BCUT2D eigenvalue weighted by molar-refractivity contribution is -0.137. The fourth-order valence-corrected chi connectivity index (χ4v) is 4.60. The number of hydrogen-bond acceptors (Lipinski definition) is 2. The molecule has 4 nitrogen and oxygen atoms in total. The quantitative estimate of drug-likeness (QED) is 0.414. The van der Waals surface area contributed by atoms with Crippen molar-refractivity contribution in [3.63, 3.8) is 0 Å². The van der Waals surface area contributed by atoms with Crippen LogP contribution < -0.4 is 5.32 Å². The first-order chi connectivity index (χ1) is 15.7. The first-order valence-electron chi connectivity index (χ1n) is 10.9. The maximum Gasteiger partial charge on any atom is 0.416 e. The van der Waals surface area contributed by atoms with Crippen LogP contribution in [0, 0.1) is 6.92 Å². The summed E-state index contributed by atoms with van der Waals surface area (Å²) in [6, 6.07) is 16.4. The molecule has 0 atom stereocenters. The zero-order chi connectivity index (χ0) is 23.4. The van der Waals surface area contributed by atoms with E-state index in [9.17, 15) is 23.1 Å². The van der Waals surface area contributed by atoms with E-state index in [1.165, 1.54) is 12.1 Å². The van der Waals surface area contributed by atoms with E-state index in [1.807, 2.05) is 41.8 Å². The van der Waals surface area contributed by atoms with Gasteiger partial charge in [-0.2, -0.15) is 13.2 Å². The number of aliphatic hydroxyl groups excluding tert-OH is 1. The Morgan fingerprint density at radius 3 is 2.21 bits per heavy atom. The van der Waals surface area contributed by atoms with Crippen molar-refractivity contribution in [3.8, 4) is 5.69 Å². The lowest BCUT2D eigenvalue weighted by Crippen LogP contribution is -2.56. The average Bonchev–Trinajstić information content (AvgIpc) is 3.08. The van der Waals surface area contributed by atoms with Gasteiger partial charge in [0.15, 0.2) is 0 Å². The van der Waals surface area contributed by atoms with Gasteiger partial charge in [0.25, 0.3) is 5.91 Å². The Morgan fingerprint density at radius 2 is 1.64 bits per heavy atom. The molecule has 1 saturated carbocycles. The second-order valence-electron chi connectivity index (χ2n) is 8.88. The predicted octanol–water partition coefficient (Wildman–Crippen LogP) is 5.76. The molecular weight excluding hydrogens is 429 g/mol. The molecule has 0 saturated heterocycles. The van der Waals surface area contributed by atoms with E-state index in [4.69, 9.17) is 0 Å². The number of carbonyl (C=O) groups excluding carboxylic acids is 1. The Labute approximate surface area is 188 Å². The second kappa shape index (κ2) is 7.63. The number of rotatable bonds is 4. The summed E-state index contributed by atoms with van der Waals surface area (Å²) < 4.78 is 41.0. The van der Waals surface area contributed by atoms with Crippen LogP contribution in [0.4, 0.5) is 13.2 Å². The molecule has 0 radical (unpaired) electrons. The molecule has 5 rings (SSSR count). The van der Waals surface area contributed by atoms with E-state index in [-0.39, 0.29) is 12.5 Å². The van der Waals surface area contributed by atoms with Crippen LogP contribution in [0.5, 0.6) is 0 Å². The Kier molecular flexibility index (Phi) is 4.97. The van der Waals surface area contributed by atoms with Gasteiger partial charge >= 0.3 is 6.18 Å². The summed E-state index contributed by atoms with van der Waals surface area (Å²) in [5, 5.41) is 14.4. The Bertz CT molecular complexity index is 1360. The fourth-order valence-electron chi connectivity index (χ4n) is 4.60. The SMILES string of the molecule is Cc1ccc2c(c1)c1cc(C(=O)NC3(CO)CCC3)ccc1n2-c1ccc(C(F)(F)F)cc1. The van der Waals surface area contributed by atoms with E-state index in [1.54, 1.807) is 6.07 Å². The molecule has 1 amide bonds. The van der Waals surface area contributed by atoms with Gasteiger partial charge in [0.2, 0.25) is 0 Å². The molecule has 1 aromatic heterocycles. The normalized spacial score (nSPS) is 15.5. The zero-order valence-electron chi connectivity index (χ0n) is 18.0. The topological polar surface area (TPSA) is 54.3 Å². The van der Waals surface area contributed by atoms with Crippen molar-refractivity contribution in [1.29, 1.82) is 0 Å². The minimum Gasteiger partial charge on any atom is -0.394 e. The van der Waals surface area contributed by atoms with Crippen molar-refractivity contribution in [2.45, 2.75) is 37.9 Å². The highest BCUT2D eigenvalue weighted by molar-refractivity contribution is 6.12. The lowest BCUT2D eigenvalue weighted by Gasteiger charge is -2.40. The number of amides is 1. The molecule has 0 aliphatic heterocycles. The maximum atomic E-state index is 13.0. The van der Waals surface area contributed by atoms with E-state index >= 15 is 0 Å². The van der Waals surface area contributed by atoms with Crippen LogP contribution in [0.25, 0.3) is 27.5 Å². The van der Waals surface area contributed by atoms with Crippen LogP contribution in [-0.2, 0) is 6.18 Å². The van der Waals surface area contributed by atoms with Gasteiger partial charge in [0, 0.05) is 22.0 Å². The van der Waals surface area contributed by atoms with Crippen LogP contribution >= 0.6 is 0 Å². The first kappa shape index (κ1) is 21.5. The van der Waals surface area contributed by atoms with Gasteiger partial charge in [0.05, 0.1) is 28.7 Å². The number of benzene rings is 3. The maximum absolute atomic E-state index is 13.0. The van der Waals surface area contributed by atoms with Gasteiger partial charge in [-0.05, 0) is 80.8 Å². The van der Waals surface area contributed by atoms with Crippen LogP contribution in [-0.4, -0.2) is 27.7 Å². The molecule has 0 spiro atoms. The number of nitrogens with zero attached hydrogens (tertiary/aromatic N) is 1. The summed E-state index contributed by atoms with van der Waals surface area (Å²) >= 11 is 0. The standard InChI is InChI=1S/C26H23F3N2O2/c1-16-3-9-22-20(13-16)21-14-17(24(33)30-25(15-32)11-2-12-25)4-10-23(21)31(22)19-7-5-18(6-8-19)26(27,28)29/h3-10,13-14,32H,2,11-12,15H2,1H3,(H,30,33). The van der Waals surface area contributed by atoms with E-state index in [0.717, 1.165) is 58.8 Å². The number of carbonyl (C=O) groups is 1. The number of alkyl halides is 3. The second-order valence-corrected chi connectivity index (χ2v) is 8.88. The molecule has 3 aromatic carbocycles. The van der Waals surface area contributed by atoms with Gasteiger partial charge in [-0.1, -0.05) is 11.6 Å². The van der Waals surface area contributed by atoms with E-state index in [0.29, 0.717) is 11.3 Å². The molecule has 0 bridgehead atoms. The van der Waals surface area contributed by atoms with Crippen molar-refractivity contribution in [2.75, 3.05) is 6.61 Å². The number of aromatic nitrogens is 1. The number of aliphatic hydroxyl groups is 1. The number of aryl methyl sites for hydroxylation is 1. The molecule has 170 valence electrons. The Morgan fingerprint density at radius 1 is 1.00 bits per heavy atom. The molecule has 1 aliphatic rings. The van der Waals surface area contributed by atoms with Crippen LogP contribution in [0.3, 0.4) is 0 Å². The third-order valence-corrected chi connectivity index (χ3v) is 6.63. The highest BCUT2D eigenvalue weighted by Crippen LogP contribution is 2.36. The molecule has 33 heavy (non-hydrogen) atoms. The van der Waals surface area contributed by atoms with Crippen molar-refractivity contribution >= 4 is 27.7 Å². The van der Waals surface area contributed by atoms with E-state index < -0.39 is 17.3 Å². The summed E-state index contributed by atoms with van der Waals surface area (Å²) in [5.74, 6) is -0.242. The first-order valence-corrected chi connectivity index (χ1v) is 10.9. The van der Waals surface area contributed by atoms with Crippen LogP contribution in [0.2, 0.25) is 0 Å². The molecule has 2 N–H and O–H groups in total. The fraction of sp³-hybridized carbons (Fsp3) is 0.269. The number of fused-ring (bicyclic) bond motifs is 3. The molecule has 0 unspecified atom stereocenters. The van der Waals surface area contributed by atoms with Crippen LogP contribution in [0.1, 0.15) is 40.7 Å².